The lowest BCUT2D eigenvalue weighted by Crippen LogP contribution is -2.55. The normalized spacial score (nSPS) is 19.8. The smallest absolute Gasteiger partial charge is 0.151 e. The zero-order chi connectivity index (χ0) is 24.2. The number of methoxy groups -OCH3 is 1. The number of benzene rings is 2. The van der Waals surface area contributed by atoms with Crippen molar-refractivity contribution in [3.05, 3.63) is 59.9 Å². The highest BCUT2D eigenvalue weighted by Gasteiger charge is 2.29. The maximum atomic E-state index is 13.1. The number of rotatable bonds is 8. The molecule has 2 aromatic carbocycles. The summed E-state index contributed by atoms with van der Waals surface area (Å²) in [6.07, 6.45) is 5.77. The van der Waals surface area contributed by atoms with Gasteiger partial charge in [-0.25, -0.2) is 9.97 Å². The number of piperidine rings is 1. The van der Waals surface area contributed by atoms with E-state index in [2.05, 4.69) is 44.1 Å². The molecule has 2 aliphatic rings. The highest BCUT2D eigenvalue weighted by atomic mass is 16.5. The molecule has 0 saturated carbocycles. The quantitative estimate of drug-likeness (QED) is 0.528. The maximum Gasteiger partial charge on any atom is 0.151 e. The van der Waals surface area contributed by atoms with Crippen molar-refractivity contribution >= 4 is 22.5 Å². The summed E-state index contributed by atoms with van der Waals surface area (Å²) in [7, 11) is 1.65. The number of carbonyl (C=O) groups excluding carboxylic acids is 1. The van der Waals surface area contributed by atoms with Gasteiger partial charge in [-0.05, 0) is 37.9 Å². The lowest BCUT2D eigenvalue weighted by molar-refractivity contribution is -0.120. The molecule has 0 aliphatic carbocycles. The largest absolute Gasteiger partial charge is 0.496 e. The van der Waals surface area contributed by atoms with Crippen LogP contribution in [-0.2, 0) is 11.2 Å². The summed E-state index contributed by atoms with van der Waals surface area (Å²) in [5, 5.41) is 4.42. The molecule has 0 spiro atoms. The number of piperazine rings is 1. The molecule has 2 saturated heterocycles. The highest BCUT2D eigenvalue weighted by Crippen LogP contribution is 2.30. The van der Waals surface area contributed by atoms with Gasteiger partial charge in [0.1, 0.15) is 17.9 Å². The van der Waals surface area contributed by atoms with Gasteiger partial charge in [-0.15, -0.1) is 0 Å². The van der Waals surface area contributed by atoms with Gasteiger partial charge in [0, 0.05) is 55.2 Å². The van der Waals surface area contributed by atoms with Crippen LogP contribution in [0.25, 0.3) is 10.9 Å². The first-order chi connectivity index (χ1) is 17.1. The molecular weight excluding hydrogens is 438 g/mol. The molecule has 3 heterocycles. The van der Waals surface area contributed by atoms with Crippen LogP contribution in [0.1, 0.15) is 43.4 Å². The highest BCUT2D eigenvalue weighted by molar-refractivity contribution is 5.92. The van der Waals surface area contributed by atoms with Crippen LogP contribution in [0.3, 0.4) is 0 Å². The van der Waals surface area contributed by atoms with E-state index in [9.17, 15) is 4.79 Å². The predicted molar refractivity (Wildman–Crippen MR) is 139 cm³/mol. The van der Waals surface area contributed by atoms with Crippen molar-refractivity contribution in [2.45, 2.75) is 44.7 Å². The third-order valence-electron chi connectivity index (χ3n) is 7.40. The summed E-state index contributed by atoms with van der Waals surface area (Å²) in [6, 6.07) is 14.9. The number of nitrogens with one attached hydrogen (secondary N) is 1. The van der Waals surface area contributed by atoms with E-state index < -0.39 is 0 Å². The summed E-state index contributed by atoms with van der Waals surface area (Å²) < 4.78 is 5.65. The topological polar surface area (TPSA) is 70.6 Å². The lowest BCUT2D eigenvalue weighted by Gasteiger charge is -2.43. The molecular formula is C28H35N5O2. The number of Topliss-reactive ketones (excluding diaryl/α,β-unsaturated/α-hetero) is 1. The first-order valence-electron chi connectivity index (χ1n) is 12.7. The fourth-order valence-corrected chi connectivity index (χ4v) is 5.48. The molecule has 0 radical (unpaired) electrons. The van der Waals surface area contributed by atoms with Crippen molar-refractivity contribution in [1.29, 1.82) is 0 Å². The number of aromatic nitrogens is 2. The van der Waals surface area contributed by atoms with Gasteiger partial charge in [-0.2, -0.15) is 0 Å². The Bertz CT molecular complexity index is 1170. The molecule has 7 heteroatoms. The Labute approximate surface area is 207 Å². The van der Waals surface area contributed by atoms with E-state index in [4.69, 9.17) is 4.74 Å². The molecule has 1 unspecified atom stereocenters. The maximum absolute atomic E-state index is 13.1. The second-order valence-corrected chi connectivity index (χ2v) is 9.82. The van der Waals surface area contributed by atoms with Crippen LogP contribution in [0.15, 0.2) is 48.8 Å². The minimum Gasteiger partial charge on any atom is -0.496 e. The Kier molecular flexibility index (Phi) is 7.25. The van der Waals surface area contributed by atoms with E-state index in [0.29, 0.717) is 24.8 Å². The van der Waals surface area contributed by atoms with Gasteiger partial charge in [0.05, 0.1) is 19.2 Å². The van der Waals surface area contributed by atoms with Crippen molar-refractivity contribution in [3.8, 4) is 5.75 Å². The van der Waals surface area contributed by atoms with E-state index in [0.717, 1.165) is 41.9 Å². The first kappa shape index (κ1) is 23.7. The van der Waals surface area contributed by atoms with Gasteiger partial charge in [0.15, 0.2) is 5.78 Å². The van der Waals surface area contributed by atoms with Crippen molar-refractivity contribution in [2.75, 3.05) is 45.2 Å². The molecule has 2 fully saturated rings. The van der Waals surface area contributed by atoms with Crippen molar-refractivity contribution in [1.82, 2.24) is 19.8 Å². The van der Waals surface area contributed by atoms with Gasteiger partial charge in [-0.1, -0.05) is 36.8 Å². The minimum absolute atomic E-state index is 0.0833. The average molecular weight is 474 g/mol. The number of carbonyl (C=O) groups is 1. The summed E-state index contributed by atoms with van der Waals surface area (Å²) >= 11 is 0. The van der Waals surface area contributed by atoms with Crippen molar-refractivity contribution < 1.29 is 9.53 Å². The van der Waals surface area contributed by atoms with Gasteiger partial charge < -0.3 is 10.1 Å². The van der Waals surface area contributed by atoms with Crippen LogP contribution < -0.4 is 10.1 Å². The Morgan fingerprint density at radius 2 is 2.00 bits per heavy atom. The monoisotopic (exact) mass is 473 g/mol. The fraction of sp³-hybridized carbons (Fsp3) is 0.464. The van der Waals surface area contributed by atoms with Gasteiger partial charge in [-0.3, -0.25) is 14.6 Å². The van der Waals surface area contributed by atoms with Gasteiger partial charge >= 0.3 is 0 Å². The van der Waals surface area contributed by atoms with E-state index in [1.54, 1.807) is 13.4 Å². The molecule has 2 aliphatic heterocycles. The van der Waals surface area contributed by atoms with Crippen LogP contribution in [0.2, 0.25) is 0 Å². The second-order valence-electron chi connectivity index (χ2n) is 9.82. The Morgan fingerprint density at radius 1 is 1.14 bits per heavy atom. The van der Waals surface area contributed by atoms with E-state index in [-0.39, 0.29) is 11.8 Å². The molecule has 5 rings (SSSR count). The zero-order valence-electron chi connectivity index (χ0n) is 20.7. The molecule has 7 nitrogen and oxygen atoms in total. The molecule has 0 amide bonds. The number of ketones is 1. The average Bonchev–Trinajstić information content (AvgIpc) is 2.89. The van der Waals surface area contributed by atoms with E-state index in [1.165, 1.54) is 31.4 Å². The minimum atomic E-state index is 0.0833. The Hall–Kier alpha value is -3.03. The standard InChI is InChI=1S/C28H35N5O2/c1-20(21-8-4-3-5-9-21)31-28-25-15-22(27(35-2)16-26(25)29-19-30-28)14-24(34)18-32-12-13-33-11-7-6-10-23(33)17-32/h3-5,8-9,15-16,19-20,23H,6-7,10-14,17-18H2,1-2H3,(H,29,30,31)/t20-,23?/m1/s1. The first-order valence-corrected chi connectivity index (χ1v) is 12.7. The molecule has 1 N–H and O–H groups in total. The molecule has 2 atom stereocenters. The third kappa shape index (κ3) is 5.46. The van der Waals surface area contributed by atoms with Crippen LogP contribution >= 0.6 is 0 Å². The Morgan fingerprint density at radius 3 is 2.83 bits per heavy atom. The zero-order valence-corrected chi connectivity index (χ0v) is 20.7. The van der Waals surface area contributed by atoms with Crippen molar-refractivity contribution in [3.63, 3.8) is 0 Å². The fourth-order valence-electron chi connectivity index (χ4n) is 5.48. The molecule has 1 aromatic heterocycles. The van der Waals surface area contributed by atoms with E-state index >= 15 is 0 Å². The van der Waals surface area contributed by atoms with Crippen molar-refractivity contribution in [2.24, 2.45) is 0 Å². The molecule has 3 aromatic rings. The number of hydrogen-bond acceptors (Lipinski definition) is 7. The van der Waals surface area contributed by atoms with Gasteiger partial charge in [0.25, 0.3) is 0 Å². The second kappa shape index (κ2) is 10.7. The predicted octanol–water partition coefficient (Wildman–Crippen LogP) is 4.09. The summed E-state index contributed by atoms with van der Waals surface area (Å²) in [4.78, 5) is 27.0. The van der Waals surface area contributed by atoms with E-state index in [1.807, 2.05) is 30.3 Å². The number of hydrogen-bond donors (Lipinski definition) is 1. The van der Waals surface area contributed by atoms with Crippen LogP contribution in [0, 0.1) is 0 Å². The number of fused-ring (bicyclic) bond motifs is 2. The lowest BCUT2D eigenvalue weighted by atomic mass is 9.99. The van der Waals surface area contributed by atoms with Crippen LogP contribution in [0.5, 0.6) is 5.75 Å². The molecule has 184 valence electrons. The summed E-state index contributed by atoms with van der Waals surface area (Å²) in [6.45, 7) is 6.86. The third-order valence-corrected chi connectivity index (χ3v) is 7.40. The number of anilines is 1. The Balaban J connectivity index is 1.32. The summed E-state index contributed by atoms with van der Waals surface area (Å²) in [5.41, 5.74) is 2.86. The van der Waals surface area contributed by atoms with Crippen LogP contribution in [0.4, 0.5) is 5.82 Å². The molecule has 0 bridgehead atoms. The van der Waals surface area contributed by atoms with Gasteiger partial charge in [0.2, 0.25) is 0 Å². The summed E-state index contributed by atoms with van der Waals surface area (Å²) in [5.74, 6) is 1.68. The van der Waals surface area contributed by atoms with Crippen LogP contribution in [-0.4, -0.2) is 71.4 Å². The number of ether oxygens (including phenoxy) is 1. The molecule has 35 heavy (non-hydrogen) atoms. The SMILES string of the molecule is COc1cc2ncnc(N[C@H](C)c3ccccc3)c2cc1CC(=O)CN1CCN2CCCCC2C1. The number of nitrogens with zero attached hydrogens (tertiary/aromatic N) is 4.